The smallest absolute Gasteiger partial charge is 0.240 e. The van der Waals surface area contributed by atoms with E-state index >= 15 is 0 Å². The van der Waals surface area contributed by atoms with E-state index in [-0.39, 0.29) is 24.9 Å². The summed E-state index contributed by atoms with van der Waals surface area (Å²) in [6, 6.07) is 5.87. The standard InChI is InChI=1S/C12H15BrN4O.ClH/c1-3-17-10-6-8(13)4-5-9(10)15-12(17)16-11(18)7-14-2;/h4-6,14H,3,7H2,1-2H3,(H,15,16,18);1H. The highest BCUT2D eigenvalue weighted by molar-refractivity contribution is 9.10. The molecule has 0 aliphatic rings. The number of halogens is 2. The van der Waals surface area contributed by atoms with Crippen LogP contribution in [0.25, 0.3) is 11.0 Å². The molecule has 19 heavy (non-hydrogen) atoms. The van der Waals surface area contributed by atoms with Crippen LogP contribution in [-0.2, 0) is 11.3 Å². The van der Waals surface area contributed by atoms with E-state index in [1.807, 2.05) is 29.7 Å². The molecular formula is C12H16BrClN4O. The number of imidazole rings is 1. The van der Waals surface area contributed by atoms with Gasteiger partial charge in [0.15, 0.2) is 0 Å². The molecule has 0 bridgehead atoms. The molecule has 1 aromatic heterocycles. The lowest BCUT2D eigenvalue weighted by atomic mass is 10.3. The van der Waals surface area contributed by atoms with Crippen LogP contribution in [0.15, 0.2) is 22.7 Å². The van der Waals surface area contributed by atoms with Crippen molar-refractivity contribution in [3.05, 3.63) is 22.7 Å². The van der Waals surface area contributed by atoms with Crippen molar-refractivity contribution in [3.63, 3.8) is 0 Å². The van der Waals surface area contributed by atoms with Crippen molar-refractivity contribution in [2.75, 3.05) is 18.9 Å². The number of nitrogens with one attached hydrogen (secondary N) is 2. The van der Waals surface area contributed by atoms with E-state index in [1.54, 1.807) is 7.05 Å². The van der Waals surface area contributed by atoms with Gasteiger partial charge in [0.25, 0.3) is 0 Å². The van der Waals surface area contributed by atoms with Gasteiger partial charge in [0.05, 0.1) is 17.6 Å². The minimum Gasteiger partial charge on any atom is -0.311 e. The number of benzene rings is 1. The minimum absolute atomic E-state index is 0. The molecule has 1 amide bonds. The van der Waals surface area contributed by atoms with Gasteiger partial charge in [-0.25, -0.2) is 4.98 Å². The van der Waals surface area contributed by atoms with Crippen LogP contribution in [-0.4, -0.2) is 29.1 Å². The number of aromatic nitrogens is 2. The summed E-state index contributed by atoms with van der Waals surface area (Å²) in [5.74, 6) is 0.493. The molecule has 0 saturated carbocycles. The molecule has 0 fully saturated rings. The lowest BCUT2D eigenvalue weighted by molar-refractivity contribution is -0.115. The van der Waals surface area contributed by atoms with Crippen LogP contribution in [0.5, 0.6) is 0 Å². The zero-order valence-electron chi connectivity index (χ0n) is 10.7. The largest absolute Gasteiger partial charge is 0.311 e. The maximum atomic E-state index is 11.6. The quantitative estimate of drug-likeness (QED) is 0.893. The number of likely N-dealkylation sites (N-methyl/N-ethyl adjacent to an activating group) is 1. The fourth-order valence-corrected chi connectivity index (χ4v) is 2.19. The number of aryl methyl sites for hydroxylation is 1. The monoisotopic (exact) mass is 346 g/mol. The average molecular weight is 348 g/mol. The van der Waals surface area contributed by atoms with Crippen LogP contribution >= 0.6 is 28.3 Å². The second-order valence-corrected chi connectivity index (χ2v) is 4.81. The Morgan fingerprint density at radius 3 is 2.84 bits per heavy atom. The molecule has 2 rings (SSSR count). The van der Waals surface area contributed by atoms with E-state index < -0.39 is 0 Å². The molecule has 0 aliphatic carbocycles. The van der Waals surface area contributed by atoms with Crippen molar-refractivity contribution < 1.29 is 4.79 Å². The van der Waals surface area contributed by atoms with Crippen molar-refractivity contribution in [2.45, 2.75) is 13.5 Å². The Hall–Kier alpha value is -1.11. The molecule has 0 spiro atoms. The molecule has 7 heteroatoms. The van der Waals surface area contributed by atoms with E-state index in [0.717, 1.165) is 22.1 Å². The molecule has 0 aliphatic heterocycles. The number of nitrogens with zero attached hydrogens (tertiary/aromatic N) is 2. The minimum atomic E-state index is -0.0958. The van der Waals surface area contributed by atoms with Crippen LogP contribution in [0.1, 0.15) is 6.92 Å². The first-order chi connectivity index (χ1) is 8.65. The topological polar surface area (TPSA) is 59.0 Å². The highest BCUT2D eigenvalue weighted by Crippen LogP contribution is 2.23. The molecule has 2 aromatic rings. The van der Waals surface area contributed by atoms with Gasteiger partial charge < -0.3 is 9.88 Å². The van der Waals surface area contributed by atoms with E-state index in [0.29, 0.717) is 5.95 Å². The van der Waals surface area contributed by atoms with Gasteiger partial charge in [-0.05, 0) is 32.2 Å². The number of hydrogen-bond acceptors (Lipinski definition) is 3. The van der Waals surface area contributed by atoms with Crippen LogP contribution < -0.4 is 10.6 Å². The second kappa shape index (κ2) is 6.88. The number of fused-ring (bicyclic) bond motifs is 1. The van der Waals surface area contributed by atoms with Gasteiger partial charge in [0.2, 0.25) is 11.9 Å². The zero-order chi connectivity index (χ0) is 13.1. The number of rotatable bonds is 4. The first-order valence-corrected chi connectivity index (χ1v) is 6.55. The van der Waals surface area contributed by atoms with E-state index in [9.17, 15) is 4.79 Å². The molecule has 5 nitrogen and oxygen atoms in total. The van der Waals surface area contributed by atoms with Gasteiger partial charge in [-0.15, -0.1) is 12.4 Å². The van der Waals surface area contributed by atoms with Crippen molar-refractivity contribution >= 4 is 51.2 Å². The maximum absolute atomic E-state index is 11.6. The summed E-state index contributed by atoms with van der Waals surface area (Å²) in [5, 5.41) is 5.62. The van der Waals surface area contributed by atoms with Gasteiger partial charge in [0.1, 0.15) is 0 Å². The molecular weight excluding hydrogens is 332 g/mol. The SMILES string of the molecule is CCn1c(NC(=O)CNC)nc2ccc(Br)cc21.Cl. The van der Waals surface area contributed by atoms with Gasteiger partial charge >= 0.3 is 0 Å². The predicted octanol–water partition coefficient (Wildman–Crippen LogP) is 2.40. The van der Waals surface area contributed by atoms with Crippen LogP contribution in [0, 0.1) is 0 Å². The summed E-state index contributed by atoms with van der Waals surface area (Å²) in [7, 11) is 1.74. The number of carbonyl (C=O) groups excluding carboxylic acids is 1. The predicted molar refractivity (Wildman–Crippen MR) is 82.9 cm³/mol. The molecule has 0 radical (unpaired) electrons. The van der Waals surface area contributed by atoms with Crippen LogP contribution in [0.4, 0.5) is 5.95 Å². The lowest BCUT2D eigenvalue weighted by Gasteiger charge is -2.07. The molecule has 2 N–H and O–H groups in total. The molecule has 1 aromatic carbocycles. The molecule has 0 saturated heterocycles. The maximum Gasteiger partial charge on any atom is 0.240 e. The summed E-state index contributed by atoms with van der Waals surface area (Å²) in [5.41, 5.74) is 1.88. The first-order valence-electron chi connectivity index (χ1n) is 5.76. The first kappa shape index (κ1) is 15.9. The summed E-state index contributed by atoms with van der Waals surface area (Å²) >= 11 is 3.44. The zero-order valence-corrected chi connectivity index (χ0v) is 13.1. The Bertz CT molecular complexity index is 584. The normalized spacial score (nSPS) is 10.3. The number of hydrogen-bond donors (Lipinski definition) is 2. The Morgan fingerprint density at radius 1 is 1.47 bits per heavy atom. The Labute approximate surface area is 126 Å². The second-order valence-electron chi connectivity index (χ2n) is 3.89. The fraction of sp³-hybridized carbons (Fsp3) is 0.333. The van der Waals surface area contributed by atoms with Crippen molar-refractivity contribution in [2.24, 2.45) is 0 Å². The number of amides is 1. The highest BCUT2D eigenvalue weighted by Gasteiger charge is 2.11. The van der Waals surface area contributed by atoms with E-state index in [1.165, 1.54) is 0 Å². The summed E-state index contributed by atoms with van der Waals surface area (Å²) < 4.78 is 2.98. The fourth-order valence-electron chi connectivity index (χ4n) is 1.84. The van der Waals surface area contributed by atoms with Crippen LogP contribution in [0.2, 0.25) is 0 Å². The van der Waals surface area contributed by atoms with Gasteiger partial charge in [0, 0.05) is 11.0 Å². The average Bonchev–Trinajstić information content (AvgIpc) is 2.65. The third kappa shape index (κ3) is 3.46. The molecule has 1 heterocycles. The van der Waals surface area contributed by atoms with Crippen molar-refractivity contribution in [1.29, 1.82) is 0 Å². The third-order valence-corrected chi connectivity index (χ3v) is 3.11. The Morgan fingerprint density at radius 2 is 2.21 bits per heavy atom. The lowest BCUT2D eigenvalue weighted by Crippen LogP contribution is -2.26. The van der Waals surface area contributed by atoms with E-state index in [2.05, 4.69) is 31.5 Å². The van der Waals surface area contributed by atoms with Crippen LogP contribution in [0.3, 0.4) is 0 Å². The molecule has 104 valence electrons. The molecule has 0 unspecified atom stereocenters. The third-order valence-electron chi connectivity index (χ3n) is 2.62. The van der Waals surface area contributed by atoms with Gasteiger partial charge in [-0.3, -0.25) is 10.1 Å². The van der Waals surface area contributed by atoms with E-state index in [4.69, 9.17) is 0 Å². The molecule has 0 atom stereocenters. The summed E-state index contributed by atoms with van der Waals surface area (Å²) in [6.45, 7) is 3.05. The summed E-state index contributed by atoms with van der Waals surface area (Å²) in [6.07, 6.45) is 0. The Balaban J connectivity index is 0.00000180. The number of carbonyl (C=O) groups is 1. The number of anilines is 1. The summed E-state index contributed by atoms with van der Waals surface area (Å²) in [4.78, 5) is 16.0. The van der Waals surface area contributed by atoms with Crippen molar-refractivity contribution in [1.82, 2.24) is 14.9 Å². The van der Waals surface area contributed by atoms with Gasteiger partial charge in [-0.2, -0.15) is 0 Å². The van der Waals surface area contributed by atoms with Gasteiger partial charge in [-0.1, -0.05) is 15.9 Å². The Kier molecular flexibility index (Phi) is 5.78. The highest BCUT2D eigenvalue weighted by atomic mass is 79.9. The van der Waals surface area contributed by atoms with Crippen molar-refractivity contribution in [3.8, 4) is 0 Å².